The maximum absolute atomic E-state index is 13.4. The number of esters is 2. The fraction of sp³-hybridized carbons (Fsp3) is 0.615. The van der Waals surface area contributed by atoms with E-state index < -0.39 is 28.9 Å². The number of carbonyl (C=O) groups excluding carboxylic acids is 3. The third kappa shape index (κ3) is 4.59. The normalized spacial score (nSPS) is 25.4. The molecule has 12 heteroatoms. The van der Waals surface area contributed by atoms with Gasteiger partial charge in [-0.2, -0.15) is 5.10 Å². The number of aromatic nitrogens is 2. The highest BCUT2D eigenvalue weighted by Crippen LogP contribution is 2.58. The molecule has 4 saturated carbocycles. The number of thiophene rings is 1. The Morgan fingerprint density at radius 1 is 1.18 bits per heavy atom. The molecule has 2 aromatic rings. The molecular formula is C26H32N4O7S. The Labute approximate surface area is 224 Å². The number of anilines is 1. The summed E-state index contributed by atoms with van der Waals surface area (Å²) in [4.78, 5) is 50.4. The molecule has 6 rings (SSSR count). The van der Waals surface area contributed by atoms with Crippen LogP contribution in [0.2, 0.25) is 0 Å². The van der Waals surface area contributed by atoms with Gasteiger partial charge in [-0.15, -0.1) is 11.3 Å². The highest BCUT2D eigenvalue weighted by atomic mass is 32.1. The number of hydrogen-bond acceptors (Lipinski definition) is 9. The Hall–Kier alpha value is -3.28. The molecule has 0 atom stereocenters. The van der Waals surface area contributed by atoms with Gasteiger partial charge in [0.25, 0.3) is 5.91 Å². The molecule has 0 aliphatic heterocycles. The zero-order valence-corrected chi connectivity index (χ0v) is 22.8. The Bertz CT molecular complexity index is 1280. The molecule has 204 valence electrons. The summed E-state index contributed by atoms with van der Waals surface area (Å²) in [5, 5.41) is 19.1. The number of carbonyl (C=O) groups is 3. The summed E-state index contributed by atoms with van der Waals surface area (Å²) in [7, 11) is 0. The molecule has 0 radical (unpaired) electrons. The number of amides is 1. The second kappa shape index (κ2) is 9.79. The summed E-state index contributed by atoms with van der Waals surface area (Å²) in [6, 6.07) is 0. The molecule has 4 aliphatic rings. The Morgan fingerprint density at radius 2 is 1.79 bits per heavy atom. The highest BCUT2D eigenvalue weighted by Gasteiger charge is 2.53. The van der Waals surface area contributed by atoms with E-state index in [1.165, 1.54) is 25.5 Å². The average Bonchev–Trinajstić information content (AvgIpc) is 3.40. The van der Waals surface area contributed by atoms with Crippen molar-refractivity contribution in [1.29, 1.82) is 0 Å². The van der Waals surface area contributed by atoms with Crippen LogP contribution in [-0.2, 0) is 15.0 Å². The minimum absolute atomic E-state index is 0.0169. The first-order chi connectivity index (χ1) is 18.0. The van der Waals surface area contributed by atoms with Gasteiger partial charge in [0, 0.05) is 0 Å². The van der Waals surface area contributed by atoms with Crippen LogP contribution in [0.25, 0.3) is 0 Å². The zero-order chi connectivity index (χ0) is 27.4. The Kier molecular flexibility index (Phi) is 6.79. The molecule has 11 nitrogen and oxygen atoms in total. The lowest BCUT2D eigenvalue weighted by atomic mass is 9.53. The van der Waals surface area contributed by atoms with Crippen molar-refractivity contribution in [2.45, 2.75) is 77.9 Å². The summed E-state index contributed by atoms with van der Waals surface area (Å²) >= 11 is 0.869. The van der Waals surface area contributed by atoms with Gasteiger partial charge in [-0.05, 0) is 89.5 Å². The van der Waals surface area contributed by atoms with Crippen LogP contribution in [0.15, 0.2) is 6.20 Å². The molecule has 4 fully saturated rings. The molecule has 1 amide bonds. The van der Waals surface area contributed by atoms with E-state index in [-0.39, 0.29) is 39.0 Å². The van der Waals surface area contributed by atoms with Crippen LogP contribution in [-0.4, -0.2) is 45.3 Å². The second-order valence-electron chi connectivity index (χ2n) is 11.1. The molecule has 0 spiro atoms. The van der Waals surface area contributed by atoms with Crippen LogP contribution >= 0.6 is 11.3 Å². The third-order valence-electron chi connectivity index (χ3n) is 7.98. The molecule has 4 bridgehead atoms. The lowest BCUT2D eigenvalue weighted by Crippen LogP contribution is -2.52. The number of nitrogens with zero attached hydrogens (tertiary/aromatic N) is 3. The first-order valence-corrected chi connectivity index (χ1v) is 13.9. The maximum atomic E-state index is 13.4. The highest BCUT2D eigenvalue weighted by molar-refractivity contribution is 7.18. The summed E-state index contributed by atoms with van der Waals surface area (Å²) in [6.45, 7) is 6.74. The van der Waals surface area contributed by atoms with Crippen molar-refractivity contribution in [3.8, 4) is 0 Å². The van der Waals surface area contributed by atoms with Gasteiger partial charge in [-0.25, -0.2) is 9.59 Å². The molecule has 0 saturated heterocycles. The van der Waals surface area contributed by atoms with E-state index in [4.69, 9.17) is 9.47 Å². The van der Waals surface area contributed by atoms with Crippen molar-refractivity contribution < 1.29 is 28.8 Å². The maximum Gasteiger partial charge on any atom is 0.348 e. The standard InChI is InChI=1S/C26H32N4O7S/c1-5-36-25(33)21-14(4)19(24(32)37-13(2)3)23(38-21)27-22(31)20-18(30(34)35)12-29(28-20)26-9-15-6-16(10-26)8-17(7-15)11-26/h12-13,15-17H,5-11H2,1-4H3,(H,27,31). The van der Waals surface area contributed by atoms with E-state index in [1.54, 1.807) is 32.4 Å². The van der Waals surface area contributed by atoms with Gasteiger partial charge in [0.15, 0.2) is 0 Å². The minimum atomic E-state index is -0.824. The summed E-state index contributed by atoms with van der Waals surface area (Å²) in [5.41, 5.74) is -0.687. The van der Waals surface area contributed by atoms with Gasteiger partial charge in [-0.1, -0.05) is 0 Å². The zero-order valence-electron chi connectivity index (χ0n) is 21.9. The predicted molar refractivity (Wildman–Crippen MR) is 139 cm³/mol. The smallest absolute Gasteiger partial charge is 0.348 e. The number of nitro groups is 1. The van der Waals surface area contributed by atoms with Gasteiger partial charge < -0.3 is 14.8 Å². The van der Waals surface area contributed by atoms with Crippen LogP contribution in [0, 0.1) is 34.8 Å². The monoisotopic (exact) mass is 544 g/mol. The number of nitrogens with one attached hydrogen (secondary N) is 1. The Balaban J connectivity index is 1.49. The molecule has 0 unspecified atom stereocenters. The second-order valence-corrected chi connectivity index (χ2v) is 12.1. The van der Waals surface area contributed by atoms with Gasteiger partial charge >= 0.3 is 17.6 Å². The van der Waals surface area contributed by atoms with Crippen molar-refractivity contribution in [3.05, 3.63) is 38.0 Å². The van der Waals surface area contributed by atoms with E-state index in [9.17, 15) is 24.5 Å². The van der Waals surface area contributed by atoms with Gasteiger partial charge in [0.1, 0.15) is 16.1 Å². The van der Waals surface area contributed by atoms with E-state index in [2.05, 4.69) is 10.4 Å². The quantitative estimate of drug-likeness (QED) is 0.275. The molecule has 1 N–H and O–H groups in total. The lowest BCUT2D eigenvalue weighted by molar-refractivity contribution is -0.385. The summed E-state index contributed by atoms with van der Waals surface area (Å²) < 4.78 is 12.1. The topological polar surface area (TPSA) is 143 Å². The molecule has 0 aromatic carbocycles. The molecular weight excluding hydrogens is 512 g/mol. The van der Waals surface area contributed by atoms with E-state index in [1.807, 2.05) is 0 Å². The molecule has 2 heterocycles. The van der Waals surface area contributed by atoms with Crippen LogP contribution in [0.5, 0.6) is 0 Å². The molecule has 2 aromatic heterocycles. The number of rotatable bonds is 8. The van der Waals surface area contributed by atoms with Gasteiger partial charge in [-0.3, -0.25) is 19.6 Å². The van der Waals surface area contributed by atoms with Crippen LogP contribution in [0.4, 0.5) is 10.7 Å². The number of hydrogen-bond donors (Lipinski definition) is 1. The van der Waals surface area contributed by atoms with E-state index in [0.29, 0.717) is 23.3 Å². The van der Waals surface area contributed by atoms with Crippen LogP contribution in [0.3, 0.4) is 0 Å². The SMILES string of the molecule is CCOC(=O)c1sc(NC(=O)c2nn(C34CC5CC(CC(C5)C3)C4)cc2[N+](=O)[O-])c(C(=O)OC(C)C)c1C. The van der Waals surface area contributed by atoms with Crippen LogP contribution in [0.1, 0.15) is 95.4 Å². The van der Waals surface area contributed by atoms with Gasteiger partial charge in [0.2, 0.25) is 5.69 Å². The summed E-state index contributed by atoms with van der Waals surface area (Å²) in [5.74, 6) is -0.403. The third-order valence-corrected chi connectivity index (χ3v) is 9.17. The van der Waals surface area contributed by atoms with Crippen molar-refractivity contribution in [2.75, 3.05) is 11.9 Å². The lowest BCUT2D eigenvalue weighted by Gasteiger charge is -2.56. The van der Waals surface area contributed by atoms with Crippen molar-refractivity contribution in [3.63, 3.8) is 0 Å². The largest absolute Gasteiger partial charge is 0.462 e. The molecule has 4 aliphatic carbocycles. The Morgan fingerprint density at radius 3 is 2.32 bits per heavy atom. The summed E-state index contributed by atoms with van der Waals surface area (Å²) in [6.07, 6.45) is 7.29. The first-order valence-electron chi connectivity index (χ1n) is 13.1. The van der Waals surface area contributed by atoms with Crippen molar-refractivity contribution in [2.24, 2.45) is 17.8 Å². The fourth-order valence-electron chi connectivity index (χ4n) is 6.92. The predicted octanol–water partition coefficient (Wildman–Crippen LogP) is 5.08. The molecule has 38 heavy (non-hydrogen) atoms. The van der Waals surface area contributed by atoms with E-state index >= 15 is 0 Å². The van der Waals surface area contributed by atoms with Gasteiger partial charge in [0.05, 0.1) is 28.7 Å². The minimum Gasteiger partial charge on any atom is -0.462 e. The van der Waals surface area contributed by atoms with E-state index in [0.717, 1.165) is 30.6 Å². The fourth-order valence-corrected chi connectivity index (χ4v) is 8.01. The first kappa shape index (κ1) is 26.3. The van der Waals surface area contributed by atoms with Crippen molar-refractivity contribution >= 4 is 39.9 Å². The number of ether oxygens (including phenoxy) is 2. The van der Waals surface area contributed by atoms with Crippen molar-refractivity contribution in [1.82, 2.24) is 9.78 Å². The van der Waals surface area contributed by atoms with Crippen LogP contribution < -0.4 is 5.32 Å². The average molecular weight is 545 g/mol.